The minimum atomic E-state index is -0.299. The standard InChI is InChI=1S/C11H10N6O2/c18-6-2-4-9-3-1-5-10(13-9)14-11(19)7-17-8-12-15-16-17/h1,3,5,8,18H,6-7H2,(H,13,14,19). The van der Waals surface area contributed by atoms with Crippen molar-refractivity contribution >= 4 is 11.7 Å². The number of carbonyl (C=O) groups is 1. The third-order valence-corrected chi connectivity index (χ3v) is 2.01. The Morgan fingerprint density at radius 1 is 1.47 bits per heavy atom. The second-order valence-electron chi connectivity index (χ2n) is 3.42. The van der Waals surface area contributed by atoms with E-state index in [0.717, 1.165) is 0 Å². The number of aromatic nitrogens is 5. The first kappa shape index (κ1) is 12.7. The summed E-state index contributed by atoms with van der Waals surface area (Å²) >= 11 is 0. The molecule has 2 rings (SSSR count). The summed E-state index contributed by atoms with van der Waals surface area (Å²) in [6.07, 6.45) is 1.34. The minimum absolute atomic E-state index is 0.00122. The zero-order valence-electron chi connectivity index (χ0n) is 9.82. The molecule has 0 atom stereocenters. The number of aliphatic hydroxyl groups excluding tert-OH is 1. The first-order chi connectivity index (χ1) is 9.28. The molecule has 8 heteroatoms. The van der Waals surface area contributed by atoms with E-state index in [0.29, 0.717) is 11.5 Å². The largest absolute Gasteiger partial charge is 0.384 e. The third-order valence-electron chi connectivity index (χ3n) is 2.01. The fraction of sp³-hybridized carbons (Fsp3) is 0.182. The van der Waals surface area contributed by atoms with E-state index in [2.05, 4.69) is 37.7 Å². The van der Waals surface area contributed by atoms with Crippen LogP contribution in [0.3, 0.4) is 0 Å². The molecule has 0 aliphatic carbocycles. The van der Waals surface area contributed by atoms with E-state index in [1.54, 1.807) is 18.2 Å². The van der Waals surface area contributed by atoms with Gasteiger partial charge in [0, 0.05) is 0 Å². The summed E-state index contributed by atoms with van der Waals surface area (Å²) in [5.74, 6) is 5.21. The highest BCUT2D eigenvalue weighted by atomic mass is 16.2. The highest BCUT2D eigenvalue weighted by Gasteiger charge is 2.05. The van der Waals surface area contributed by atoms with Gasteiger partial charge in [0.05, 0.1) is 0 Å². The number of tetrazole rings is 1. The molecule has 1 amide bonds. The molecular formula is C11H10N6O2. The van der Waals surface area contributed by atoms with Crippen LogP contribution in [0.5, 0.6) is 0 Å². The van der Waals surface area contributed by atoms with E-state index >= 15 is 0 Å². The lowest BCUT2D eigenvalue weighted by atomic mass is 10.3. The topological polar surface area (TPSA) is 106 Å². The maximum absolute atomic E-state index is 11.7. The predicted molar refractivity (Wildman–Crippen MR) is 64.6 cm³/mol. The Bertz CT molecular complexity index is 614. The van der Waals surface area contributed by atoms with Gasteiger partial charge in [-0.15, -0.1) is 5.10 Å². The number of rotatable bonds is 3. The number of nitrogens with one attached hydrogen (secondary N) is 1. The number of nitrogens with zero attached hydrogens (tertiary/aromatic N) is 5. The molecule has 2 aromatic heterocycles. The van der Waals surface area contributed by atoms with Crippen LogP contribution in [-0.2, 0) is 11.3 Å². The molecule has 0 aliphatic rings. The number of hydrogen-bond acceptors (Lipinski definition) is 6. The fourth-order valence-corrected chi connectivity index (χ4v) is 1.29. The van der Waals surface area contributed by atoms with E-state index in [1.807, 2.05) is 0 Å². The normalized spacial score (nSPS) is 9.53. The molecule has 2 aromatic rings. The Morgan fingerprint density at radius 2 is 2.37 bits per heavy atom. The van der Waals surface area contributed by atoms with Crippen molar-refractivity contribution in [3.8, 4) is 11.8 Å². The lowest BCUT2D eigenvalue weighted by Gasteiger charge is -2.03. The Balaban J connectivity index is 2.00. The van der Waals surface area contributed by atoms with Crippen LogP contribution in [-0.4, -0.2) is 42.8 Å². The molecule has 19 heavy (non-hydrogen) atoms. The van der Waals surface area contributed by atoms with Crippen LogP contribution in [0, 0.1) is 11.8 Å². The Hall–Kier alpha value is -2.79. The van der Waals surface area contributed by atoms with Crippen molar-refractivity contribution < 1.29 is 9.90 Å². The minimum Gasteiger partial charge on any atom is -0.384 e. The summed E-state index contributed by atoms with van der Waals surface area (Å²) in [5.41, 5.74) is 0.467. The van der Waals surface area contributed by atoms with Crippen molar-refractivity contribution in [2.45, 2.75) is 6.54 Å². The summed E-state index contributed by atoms with van der Waals surface area (Å²) < 4.78 is 1.30. The van der Waals surface area contributed by atoms with E-state index in [1.165, 1.54) is 11.0 Å². The average molecular weight is 258 g/mol. The molecule has 0 aromatic carbocycles. The smallest absolute Gasteiger partial charge is 0.247 e. The summed E-state index contributed by atoms with van der Waals surface area (Å²) in [4.78, 5) is 15.8. The molecule has 0 unspecified atom stereocenters. The van der Waals surface area contributed by atoms with Crippen molar-refractivity contribution in [2.24, 2.45) is 0 Å². The molecule has 0 fully saturated rings. The predicted octanol–water partition coefficient (Wildman–Crippen LogP) is -0.949. The van der Waals surface area contributed by atoms with E-state index in [-0.39, 0.29) is 19.1 Å². The van der Waals surface area contributed by atoms with Gasteiger partial charge in [-0.05, 0) is 28.5 Å². The summed E-state index contributed by atoms with van der Waals surface area (Å²) in [7, 11) is 0. The Labute approximate surface area is 108 Å². The van der Waals surface area contributed by atoms with Crippen molar-refractivity contribution in [3.05, 3.63) is 30.2 Å². The van der Waals surface area contributed by atoms with Crippen LogP contribution in [0.25, 0.3) is 0 Å². The van der Waals surface area contributed by atoms with Crippen LogP contribution in [0.4, 0.5) is 5.82 Å². The summed E-state index contributed by atoms with van der Waals surface area (Å²) in [6, 6.07) is 5.03. The van der Waals surface area contributed by atoms with Gasteiger partial charge in [-0.1, -0.05) is 12.0 Å². The van der Waals surface area contributed by atoms with Crippen LogP contribution >= 0.6 is 0 Å². The highest BCUT2D eigenvalue weighted by molar-refractivity contribution is 5.89. The first-order valence-corrected chi connectivity index (χ1v) is 5.35. The van der Waals surface area contributed by atoms with Crippen LogP contribution in [0.15, 0.2) is 24.5 Å². The third kappa shape index (κ3) is 3.86. The van der Waals surface area contributed by atoms with Gasteiger partial charge in [-0.3, -0.25) is 4.79 Å². The Kier molecular flexibility index (Phi) is 4.15. The van der Waals surface area contributed by atoms with Crippen molar-refractivity contribution in [1.29, 1.82) is 0 Å². The number of anilines is 1. The number of pyridine rings is 1. The summed E-state index contributed by atoms with van der Waals surface area (Å²) in [6.45, 7) is -0.237. The fourth-order valence-electron chi connectivity index (χ4n) is 1.29. The van der Waals surface area contributed by atoms with Gasteiger partial charge in [0.15, 0.2) is 0 Å². The number of amides is 1. The Morgan fingerprint density at radius 3 is 3.11 bits per heavy atom. The molecular weight excluding hydrogens is 248 g/mol. The molecule has 2 N–H and O–H groups in total. The first-order valence-electron chi connectivity index (χ1n) is 5.35. The second-order valence-corrected chi connectivity index (χ2v) is 3.42. The van der Waals surface area contributed by atoms with Gasteiger partial charge >= 0.3 is 0 Å². The molecule has 8 nitrogen and oxygen atoms in total. The van der Waals surface area contributed by atoms with Gasteiger partial charge < -0.3 is 10.4 Å². The monoisotopic (exact) mass is 258 g/mol. The van der Waals surface area contributed by atoms with Crippen LogP contribution < -0.4 is 5.32 Å². The lowest BCUT2D eigenvalue weighted by molar-refractivity contribution is -0.116. The molecule has 0 spiro atoms. The molecule has 0 saturated heterocycles. The molecule has 2 heterocycles. The average Bonchev–Trinajstić information content (AvgIpc) is 2.89. The number of hydrogen-bond donors (Lipinski definition) is 2. The van der Waals surface area contributed by atoms with Gasteiger partial charge in [0.1, 0.15) is 31.0 Å². The zero-order valence-corrected chi connectivity index (χ0v) is 9.82. The number of aliphatic hydroxyl groups is 1. The van der Waals surface area contributed by atoms with Gasteiger partial charge in [0.25, 0.3) is 0 Å². The summed E-state index contributed by atoms with van der Waals surface area (Å²) in [5, 5.41) is 21.6. The van der Waals surface area contributed by atoms with E-state index < -0.39 is 0 Å². The van der Waals surface area contributed by atoms with Crippen molar-refractivity contribution in [3.63, 3.8) is 0 Å². The quantitative estimate of drug-likeness (QED) is 0.688. The highest BCUT2D eigenvalue weighted by Crippen LogP contribution is 2.04. The van der Waals surface area contributed by atoms with Crippen LogP contribution in [0.2, 0.25) is 0 Å². The van der Waals surface area contributed by atoms with Gasteiger partial charge in [-0.2, -0.15) is 0 Å². The van der Waals surface area contributed by atoms with E-state index in [9.17, 15) is 4.79 Å². The molecule has 0 bridgehead atoms. The maximum atomic E-state index is 11.7. The molecule has 0 radical (unpaired) electrons. The molecule has 0 aliphatic heterocycles. The van der Waals surface area contributed by atoms with E-state index in [4.69, 9.17) is 5.11 Å². The molecule has 96 valence electrons. The SMILES string of the molecule is O=C(Cn1cnnn1)Nc1cccc(C#CCO)n1. The van der Waals surface area contributed by atoms with Crippen molar-refractivity contribution in [1.82, 2.24) is 25.2 Å². The maximum Gasteiger partial charge on any atom is 0.247 e. The van der Waals surface area contributed by atoms with Crippen molar-refractivity contribution in [2.75, 3.05) is 11.9 Å². The lowest BCUT2D eigenvalue weighted by Crippen LogP contribution is -2.19. The number of carbonyl (C=O) groups excluding carboxylic acids is 1. The van der Waals surface area contributed by atoms with Crippen LogP contribution in [0.1, 0.15) is 5.69 Å². The zero-order chi connectivity index (χ0) is 13.5. The van der Waals surface area contributed by atoms with Gasteiger partial charge in [-0.25, -0.2) is 9.67 Å². The van der Waals surface area contributed by atoms with Gasteiger partial charge in [0.2, 0.25) is 5.91 Å². The second kappa shape index (κ2) is 6.23. The molecule has 0 saturated carbocycles.